The standard InChI is InChI=1S/C17H27NO2/c1-3-14-20-16-9-6-5-8-15(16)17(19)10-7-12-18(4-2)13-11-17/h5-6,8-9,19H,3-4,7,10-14H2,1-2H3. The minimum atomic E-state index is -0.742. The molecule has 3 nitrogen and oxygen atoms in total. The first-order valence-electron chi connectivity index (χ1n) is 7.86. The summed E-state index contributed by atoms with van der Waals surface area (Å²) in [6, 6.07) is 7.97. The van der Waals surface area contributed by atoms with Gasteiger partial charge in [-0.15, -0.1) is 0 Å². The third-order valence-corrected chi connectivity index (χ3v) is 4.20. The number of aliphatic hydroxyl groups is 1. The Morgan fingerprint density at radius 1 is 1.20 bits per heavy atom. The maximum atomic E-state index is 11.1. The maximum Gasteiger partial charge on any atom is 0.125 e. The largest absolute Gasteiger partial charge is 0.493 e. The summed E-state index contributed by atoms with van der Waals surface area (Å²) in [5, 5.41) is 11.1. The van der Waals surface area contributed by atoms with E-state index in [9.17, 15) is 5.11 Å². The van der Waals surface area contributed by atoms with Gasteiger partial charge in [0, 0.05) is 12.1 Å². The average Bonchev–Trinajstić information content (AvgIpc) is 2.68. The monoisotopic (exact) mass is 277 g/mol. The van der Waals surface area contributed by atoms with Crippen LogP contribution in [0.4, 0.5) is 0 Å². The molecule has 1 fully saturated rings. The number of likely N-dealkylation sites (tertiary alicyclic amines) is 1. The van der Waals surface area contributed by atoms with Gasteiger partial charge in [0.05, 0.1) is 12.2 Å². The van der Waals surface area contributed by atoms with Gasteiger partial charge in [-0.05, 0) is 44.8 Å². The van der Waals surface area contributed by atoms with Crippen molar-refractivity contribution in [2.45, 2.75) is 45.1 Å². The molecule has 0 saturated carbocycles. The van der Waals surface area contributed by atoms with Crippen molar-refractivity contribution in [3.63, 3.8) is 0 Å². The molecule has 2 rings (SSSR count). The van der Waals surface area contributed by atoms with E-state index in [0.29, 0.717) is 6.61 Å². The number of benzene rings is 1. The zero-order valence-electron chi connectivity index (χ0n) is 12.8. The Kier molecular flexibility index (Phi) is 5.44. The third kappa shape index (κ3) is 3.53. The van der Waals surface area contributed by atoms with E-state index in [1.807, 2.05) is 24.3 Å². The van der Waals surface area contributed by atoms with Crippen LogP contribution in [0.3, 0.4) is 0 Å². The van der Waals surface area contributed by atoms with E-state index in [1.165, 1.54) is 0 Å². The first-order valence-corrected chi connectivity index (χ1v) is 7.86. The quantitative estimate of drug-likeness (QED) is 0.897. The van der Waals surface area contributed by atoms with Gasteiger partial charge in [-0.25, -0.2) is 0 Å². The fraction of sp³-hybridized carbons (Fsp3) is 0.647. The lowest BCUT2D eigenvalue weighted by atomic mass is 9.86. The Morgan fingerprint density at radius 3 is 2.75 bits per heavy atom. The predicted octanol–water partition coefficient (Wildman–Crippen LogP) is 3.17. The second-order valence-electron chi connectivity index (χ2n) is 5.66. The summed E-state index contributed by atoms with van der Waals surface area (Å²) < 4.78 is 5.83. The molecule has 1 N–H and O–H groups in total. The van der Waals surface area contributed by atoms with Gasteiger partial charge in [0.15, 0.2) is 0 Å². The lowest BCUT2D eigenvalue weighted by Crippen LogP contribution is -2.29. The molecule has 0 radical (unpaired) electrons. The first-order chi connectivity index (χ1) is 9.69. The van der Waals surface area contributed by atoms with Gasteiger partial charge >= 0.3 is 0 Å². The van der Waals surface area contributed by atoms with Gasteiger partial charge in [0.2, 0.25) is 0 Å². The summed E-state index contributed by atoms with van der Waals surface area (Å²) in [6.45, 7) is 8.08. The zero-order chi connectivity index (χ0) is 14.4. The van der Waals surface area contributed by atoms with Crippen molar-refractivity contribution >= 4 is 0 Å². The van der Waals surface area contributed by atoms with Crippen molar-refractivity contribution < 1.29 is 9.84 Å². The van der Waals surface area contributed by atoms with Crippen molar-refractivity contribution in [3.05, 3.63) is 29.8 Å². The normalized spacial score (nSPS) is 24.4. The molecule has 0 amide bonds. The Hall–Kier alpha value is -1.06. The number of rotatable bonds is 5. The van der Waals surface area contributed by atoms with Gasteiger partial charge in [0.1, 0.15) is 5.75 Å². The van der Waals surface area contributed by atoms with E-state index < -0.39 is 5.60 Å². The van der Waals surface area contributed by atoms with Crippen LogP contribution in [0.15, 0.2) is 24.3 Å². The minimum absolute atomic E-state index is 0.703. The SMILES string of the molecule is CCCOc1ccccc1C1(O)CCCN(CC)CC1. The molecule has 1 aliphatic heterocycles. The molecular formula is C17H27NO2. The predicted molar refractivity (Wildman–Crippen MR) is 82.1 cm³/mol. The van der Waals surface area contributed by atoms with Crippen molar-refractivity contribution in [3.8, 4) is 5.75 Å². The van der Waals surface area contributed by atoms with E-state index in [4.69, 9.17) is 4.74 Å². The number of hydrogen-bond acceptors (Lipinski definition) is 3. The second-order valence-corrected chi connectivity index (χ2v) is 5.66. The van der Waals surface area contributed by atoms with E-state index in [2.05, 4.69) is 18.7 Å². The van der Waals surface area contributed by atoms with Gasteiger partial charge in [0.25, 0.3) is 0 Å². The highest BCUT2D eigenvalue weighted by Crippen LogP contribution is 2.38. The molecule has 1 unspecified atom stereocenters. The second kappa shape index (κ2) is 7.09. The van der Waals surface area contributed by atoms with Crippen LogP contribution in [-0.2, 0) is 5.60 Å². The lowest BCUT2D eigenvalue weighted by Gasteiger charge is -2.29. The molecular weight excluding hydrogens is 250 g/mol. The van der Waals surface area contributed by atoms with Crippen LogP contribution in [-0.4, -0.2) is 36.2 Å². The summed E-state index contributed by atoms with van der Waals surface area (Å²) in [5.74, 6) is 0.849. The van der Waals surface area contributed by atoms with Crippen LogP contribution >= 0.6 is 0 Å². The van der Waals surface area contributed by atoms with Gasteiger partial charge in [-0.3, -0.25) is 0 Å². The summed E-state index contributed by atoms with van der Waals surface area (Å²) in [7, 11) is 0. The van der Waals surface area contributed by atoms with Crippen LogP contribution in [0.25, 0.3) is 0 Å². The van der Waals surface area contributed by atoms with Crippen molar-refractivity contribution in [1.29, 1.82) is 0 Å². The summed E-state index contributed by atoms with van der Waals surface area (Å²) >= 11 is 0. The van der Waals surface area contributed by atoms with Crippen LogP contribution in [0.1, 0.15) is 45.1 Å². The number of para-hydroxylation sites is 1. The Bertz CT molecular complexity index is 421. The maximum absolute atomic E-state index is 11.1. The Labute approximate surface area is 122 Å². The molecule has 1 heterocycles. The molecule has 0 bridgehead atoms. The summed E-state index contributed by atoms with van der Waals surface area (Å²) in [6.07, 6.45) is 3.62. The van der Waals surface area contributed by atoms with E-state index in [-0.39, 0.29) is 0 Å². The van der Waals surface area contributed by atoms with Gasteiger partial charge in [-0.1, -0.05) is 32.0 Å². The fourth-order valence-corrected chi connectivity index (χ4v) is 2.95. The molecule has 0 aliphatic carbocycles. The average molecular weight is 277 g/mol. The van der Waals surface area contributed by atoms with Crippen LogP contribution in [0.2, 0.25) is 0 Å². The minimum Gasteiger partial charge on any atom is -0.493 e. The van der Waals surface area contributed by atoms with Crippen molar-refractivity contribution in [1.82, 2.24) is 4.90 Å². The smallest absolute Gasteiger partial charge is 0.125 e. The highest BCUT2D eigenvalue weighted by molar-refractivity contribution is 5.38. The number of nitrogens with zero attached hydrogens (tertiary/aromatic N) is 1. The molecule has 3 heteroatoms. The van der Waals surface area contributed by atoms with E-state index in [0.717, 1.165) is 56.6 Å². The number of hydrogen-bond donors (Lipinski definition) is 1. The van der Waals surface area contributed by atoms with Gasteiger partial charge < -0.3 is 14.7 Å². The van der Waals surface area contributed by atoms with Crippen molar-refractivity contribution in [2.75, 3.05) is 26.2 Å². The van der Waals surface area contributed by atoms with E-state index in [1.54, 1.807) is 0 Å². The molecule has 1 aliphatic rings. The van der Waals surface area contributed by atoms with Crippen LogP contribution < -0.4 is 4.74 Å². The molecule has 0 spiro atoms. The van der Waals surface area contributed by atoms with E-state index >= 15 is 0 Å². The summed E-state index contributed by atoms with van der Waals surface area (Å²) in [5.41, 5.74) is 0.222. The molecule has 20 heavy (non-hydrogen) atoms. The van der Waals surface area contributed by atoms with Crippen LogP contribution in [0, 0.1) is 0 Å². The van der Waals surface area contributed by atoms with Crippen molar-refractivity contribution in [2.24, 2.45) is 0 Å². The van der Waals surface area contributed by atoms with Crippen LogP contribution in [0.5, 0.6) is 5.75 Å². The Morgan fingerprint density at radius 2 is 2.00 bits per heavy atom. The van der Waals surface area contributed by atoms with Gasteiger partial charge in [-0.2, -0.15) is 0 Å². The number of ether oxygens (including phenoxy) is 1. The topological polar surface area (TPSA) is 32.7 Å². The third-order valence-electron chi connectivity index (χ3n) is 4.20. The molecule has 1 atom stereocenters. The highest BCUT2D eigenvalue weighted by atomic mass is 16.5. The molecule has 1 aromatic rings. The fourth-order valence-electron chi connectivity index (χ4n) is 2.95. The molecule has 112 valence electrons. The molecule has 0 aromatic heterocycles. The summed E-state index contributed by atoms with van der Waals surface area (Å²) in [4.78, 5) is 2.41. The lowest BCUT2D eigenvalue weighted by molar-refractivity contribution is 0.0186. The Balaban J connectivity index is 2.20. The highest BCUT2D eigenvalue weighted by Gasteiger charge is 2.34. The first kappa shape index (κ1) is 15.3. The molecule has 1 aromatic carbocycles. The zero-order valence-corrected chi connectivity index (χ0v) is 12.8. The molecule has 1 saturated heterocycles.